The number of alkyl halides is 3. The molecule has 1 amide bonds. The predicted molar refractivity (Wildman–Crippen MR) is 66.5 cm³/mol. The molecule has 1 aromatic rings. The van der Waals surface area contributed by atoms with Gasteiger partial charge in [0, 0.05) is 19.4 Å². The Labute approximate surface area is 118 Å². The topological polar surface area (TPSA) is 75.6 Å². The molecule has 0 aliphatic heterocycles. The van der Waals surface area contributed by atoms with Crippen LogP contribution in [-0.4, -0.2) is 23.3 Å². The summed E-state index contributed by atoms with van der Waals surface area (Å²) in [4.78, 5) is 21.6. The normalized spacial score (nSPS) is 11.0. The van der Waals surface area contributed by atoms with E-state index in [9.17, 15) is 22.8 Å². The third-order valence-corrected chi connectivity index (χ3v) is 2.44. The molecule has 0 aliphatic rings. The number of carbonyl (C=O) groups excluding carboxylic acids is 1. The van der Waals surface area contributed by atoms with Crippen molar-refractivity contribution < 1.29 is 32.6 Å². The quantitative estimate of drug-likeness (QED) is 0.811. The van der Waals surface area contributed by atoms with Gasteiger partial charge in [-0.05, 0) is 24.1 Å². The van der Waals surface area contributed by atoms with Gasteiger partial charge >= 0.3 is 12.3 Å². The maximum absolute atomic E-state index is 11.9. The molecular formula is C13H14F3NO4. The van der Waals surface area contributed by atoms with Crippen LogP contribution < -0.4 is 10.1 Å². The maximum atomic E-state index is 11.9. The molecule has 1 rings (SSSR count). The molecule has 0 aromatic heterocycles. The summed E-state index contributed by atoms with van der Waals surface area (Å²) in [5.74, 6) is -1.62. The molecule has 0 saturated carbocycles. The van der Waals surface area contributed by atoms with Crippen LogP contribution in [-0.2, 0) is 16.1 Å². The van der Waals surface area contributed by atoms with Crippen LogP contribution in [0, 0.1) is 0 Å². The van der Waals surface area contributed by atoms with Crippen molar-refractivity contribution in [1.82, 2.24) is 5.32 Å². The van der Waals surface area contributed by atoms with Crippen LogP contribution in [0.2, 0.25) is 0 Å². The Bertz CT molecular complexity index is 485. The first-order valence-electron chi connectivity index (χ1n) is 6.09. The minimum atomic E-state index is -4.74. The van der Waals surface area contributed by atoms with E-state index < -0.39 is 12.3 Å². The fourth-order valence-electron chi connectivity index (χ4n) is 1.50. The van der Waals surface area contributed by atoms with Crippen LogP contribution in [0.3, 0.4) is 0 Å². The van der Waals surface area contributed by atoms with Crippen molar-refractivity contribution in [1.29, 1.82) is 0 Å². The maximum Gasteiger partial charge on any atom is 0.573 e. The molecule has 2 N–H and O–H groups in total. The highest BCUT2D eigenvalue weighted by molar-refractivity contribution is 5.76. The number of carbonyl (C=O) groups is 2. The fourth-order valence-corrected chi connectivity index (χ4v) is 1.50. The summed E-state index contributed by atoms with van der Waals surface area (Å²) in [6.45, 7) is 0.151. The highest BCUT2D eigenvalue weighted by Gasteiger charge is 2.30. The third kappa shape index (κ3) is 7.81. The van der Waals surface area contributed by atoms with E-state index in [1.807, 2.05) is 0 Å². The number of nitrogens with one attached hydrogen (secondary N) is 1. The van der Waals surface area contributed by atoms with E-state index in [0.717, 1.165) is 12.1 Å². The van der Waals surface area contributed by atoms with E-state index >= 15 is 0 Å². The average molecular weight is 305 g/mol. The van der Waals surface area contributed by atoms with Crippen LogP contribution >= 0.6 is 0 Å². The molecule has 0 fully saturated rings. The highest BCUT2D eigenvalue weighted by atomic mass is 19.4. The van der Waals surface area contributed by atoms with Crippen molar-refractivity contribution in [2.24, 2.45) is 0 Å². The first-order valence-corrected chi connectivity index (χ1v) is 6.09. The summed E-state index contributed by atoms with van der Waals surface area (Å²) in [5.41, 5.74) is 0.608. The summed E-state index contributed by atoms with van der Waals surface area (Å²) in [6, 6.07) is 5.11. The van der Waals surface area contributed by atoms with Gasteiger partial charge in [0.1, 0.15) is 5.75 Å². The van der Waals surface area contributed by atoms with Crippen molar-refractivity contribution in [3.8, 4) is 5.75 Å². The lowest BCUT2D eigenvalue weighted by Gasteiger charge is -2.09. The molecule has 0 radical (unpaired) electrons. The molecule has 0 spiro atoms. The van der Waals surface area contributed by atoms with E-state index in [-0.39, 0.29) is 37.5 Å². The standard InChI is InChI=1S/C13H14F3NO4/c14-13(15,16)21-10-6-4-9(5-7-10)8-17-11(18)2-1-3-12(19)20/h4-7H,1-3,8H2,(H,17,18)(H,19,20). The molecule has 5 nitrogen and oxygen atoms in total. The Morgan fingerprint density at radius 3 is 2.29 bits per heavy atom. The summed E-state index contributed by atoms with van der Waals surface area (Å²) in [7, 11) is 0. The van der Waals surface area contributed by atoms with Crippen LogP contribution in [0.15, 0.2) is 24.3 Å². The predicted octanol–water partition coefficient (Wildman–Crippen LogP) is 2.46. The van der Waals surface area contributed by atoms with Crippen molar-refractivity contribution in [3.05, 3.63) is 29.8 Å². The van der Waals surface area contributed by atoms with Crippen molar-refractivity contribution in [3.63, 3.8) is 0 Å². The van der Waals surface area contributed by atoms with E-state index in [1.54, 1.807) is 0 Å². The Kier molecular flexibility index (Phi) is 6.01. The molecule has 1 aromatic carbocycles. The molecular weight excluding hydrogens is 291 g/mol. The lowest BCUT2D eigenvalue weighted by atomic mass is 10.2. The van der Waals surface area contributed by atoms with Gasteiger partial charge in [-0.15, -0.1) is 13.2 Å². The SMILES string of the molecule is O=C(O)CCCC(=O)NCc1ccc(OC(F)(F)F)cc1. The van der Waals surface area contributed by atoms with E-state index in [2.05, 4.69) is 10.1 Å². The number of rotatable bonds is 7. The number of hydrogen-bond acceptors (Lipinski definition) is 3. The number of carboxylic acids is 1. The lowest BCUT2D eigenvalue weighted by molar-refractivity contribution is -0.274. The monoisotopic (exact) mass is 305 g/mol. The summed E-state index contributed by atoms with van der Waals surface area (Å²) in [6.07, 6.45) is -4.50. The third-order valence-electron chi connectivity index (χ3n) is 2.44. The van der Waals surface area contributed by atoms with E-state index in [0.29, 0.717) is 5.56 Å². The minimum absolute atomic E-state index is 0.0849. The number of halogens is 3. The highest BCUT2D eigenvalue weighted by Crippen LogP contribution is 2.22. The van der Waals surface area contributed by atoms with Gasteiger partial charge in [-0.25, -0.2) is 0 Å². The lowest BCUT2D eigenvalue weighted by Crippen LogP contribution is -2.22. The van der Waals surface area contributed by atoms with Crippen molar-refractivity contribution in [2.75, 3.05) is 0 Å². The Hall–Kier alpha value is -2.25. The molecule has 116 valence electrons. The molecule has 0 heterocycles. The average Bonchev–Trinajstić information content (AvgIpc) is 2.35. The fraction of sp³-hybridized carbons (Fsp3) is 0.385. The van der Waals surface area contributed by atoms with Gasteiger partial charge in [-0.1, -0.05) is 12.1 Å². The zero-order valence-corrected chi connectivity index (χ0v) is 10.9. The second kappa shape index (κ2) is 7.51. The largest absolute Gasteiger partial charge is 0.573 e. The van der Waals surface area contributed by atoms with E-state index in [1.165, 1.54) is 12.1 Å². The molecule has 0 saturated heterocycles. The molecule has 0 atom stereocenters. The number of carboxylic acid groups (broad SMARTS) is 1. The smallest absolute Gasteiger partial charge is 0.481 e. The Morgan fingerprint density at radius 1 is 1.14 bits per heavy atom. The van der Waals surface area contributed by atoms with E-state index in [4.69, 9.17) is 5.11 Å². The molecule has 8 heteroatoms. The number of amides is 1. The van der Waals surface area contributed by atoms with Gasteiger partial charge in [0.25, 0.3) is 0 Å². The molecule has 21 heavy (non-hydrogen) atoms. The summed E-state index contributed by atoms with van der Waals surface area (Å²) in [5, 5.41) is 11.0. The van der Waals surface area contributed by atoms with Crippen LogP contribution in [0.1, 0.15) is 24.8 Å². The Morgan fingerprint density at radius 2 is 1.76 bits per heavy atom. The van der Waals surface area contributed by atoms with Gasteiger partial charge in [-0.3, -0.25) is 9.59 Å². The van der Waals surface area contributed by atoms with Crippen LogP contribution in [0.4, 0.5) is 13.2 Å². The number of benzene rings is 1. The second-order valence-corrected chi connectivity index (χ2v) is 4.22. The zero-order chi connectivity index (χ0) is 15.9. The van der Waals surface area contributed by atoms with Crippen molar-refractivity contribution in [2.45, 2.75) is 32.2 Å². The van der Waals surface area contributed by atoms with Crippen molar-refractivity contribution >= 4 is 11.9 Å². The van der Waals surface area contributed by atoms with Gasteiger partial charge in [0.15, 0.2) is 0 Å². The van der Waals surface area contributed by atoms with Gasteiger partial charge in [-0.2, -0.15) is 0 Å². The van der Waals surface area contributed by atoms with Crippen LogP contribution in [0.25, 0.3) is 0 Å². The zero-order valence-electron chi connectivity index (χ0n) is 10.9. The Balaban J connectivity index is 2.35. The summed E-state index contributed by atoms with van der Waals surface area (Å²) >= 11 is 0. The number of hydrogen-bond donors (Lipinski definition) is 2. The van der Waals surface area contributed by atoms with Gasteiger partial charge in [0.05, 0.1) is 0 Å². The van der Waals surface area contributed by atoms with Crippen LogP contribution in [0.5, 0.6) is 5.75 Å². The first-order chi connectivity index (χ1) is 9.76. The second-order valence-electron chi connectivity index (χ2n) is 4.22. The van der Waals surface area contributed by atoms with Gasteiger partial charge < -0.3 is 15.2 Å². The molecule has 0 bridgehead atoms. The number of aliphatic carboxylic acids is 1. The molecule has 0 aliphatic carbocycles. The summed E-state index contributed by atoms with van der Waals surface area (Å²) < 4.78 is 39.6. The molecule has 0 unspecified atom stereocenters. The number of ether oxygens (including phenoxy) is 1. The first kappa shape index (κ1) is 16.8. The van der Waals surface area contributed by atoms with Gasteiger partial charge in [0.2, 0.25) is 5.91 Å². The minimum Gasteiger partial charge on any atom is -0.481 e.